The van der Waals surface area contributed by atoms with Gasteiger partial charge < -0.3 is 55.1 Å². The normalized spacial score (nSPS) is 31.5. The van der Waals surface area contributed by atoms with Crippen molar-refractivity contribution in [3.05, 3.63) is 41.5 Å². The van der Waals surface area contributed by atoms with Gasteiger partial charge in [0.15, 0.2) is 23.7 Å². The number of hydrogen-bond acceptors (Lipinski definition) is 12. The lowest BCUT2D eigenvalue weighted by molar-refractivity contribution is -0.277. The highest BCUT2D eigenvalue weighted by atomic mass is 16.7. The monoisotopic (exact) mass is 466 g/mol. The molecular weight excluding hydrogens is 444 g/mol. The van der Waals surface area contributed by atoms with Gasteiger partial charge in [0.1, 0.15) is 41.5 Å². The number of Topliss-reactive ketones (excluding diaryl/α,β-unsaturated/α-hetero) is 1. The lowest BCUT2D eigenvalue weighted by Crippen LogP contribution is -2.60. The zero-order valence-electron chi connectivity index (χ0n) is 16.8. The minimum atomic E-state index is -1.83. The fourth-order valence-corrected chi connectivity index (χ4v) is 3.75. The largest absolute Gasteiger partial charge is 0.508 e. The van der Waals surface area contributed by atoms with E-state index < -0.39 is 83.9 Å². The molecule has 33 heavy (non-hydrogen) atoms. The van der Waals surface area contributed by atoms with Gasteiger partial charge in [0.05, 0.1) is 6.61 Å². The van der Waals surface area contributed by atoms with Crippen LogP contribution < -0.4 is 9.47 Å². The molecule has 0 unspecified atom stereocenters. The zero-order valence-corrected chi connectivity index (χ0v) is 16.8. The molecule has 0 bridgehead atoms. The number of hydrogen-bond donors (Lipinski definition) is 8. The van der Waals surface area contributed by atoms with Crippen LogP contribution in [-0.4, -0.2) is 90.1 Å². The number of aromatic hydroxyl groups is 3. The fourth-order valence-electron chi connectivity index (χ4n) is 3.75. The molecule has 12 heteroatoms. The van der Waals surface area contributed by atoms with Gasteiger partial charge in [-0.15, -0.1) is 0 Å². The summed E-state index contributed by atoms with van der Waals surface area (Å²) in [5.41, 5.74) is -0.226. The van der Waals surface area contributed by atoms with Crippen LogP contribution in [0.15, 0.2) is 30.3 Å². The minimum absolute atomic E-state index is 0.0716. The summed E-state index contributed by atoms with van der Waals surface area (Å²) in [6, 6.07) is 6.14. The van der Waals surface area contributed by atoms with Crippen molar-refractivity contribution in [3.8, 4) is 28.7 Å². The van der Waals surface area contributed by atoms with Gasteiger partial charge in [0, 0.05) is 6.07 Å². The third-order valence-corrected chi connectivity index (χ3v) is 5.55. The highest BCUT2D eigenvalue weighted by Gasteiger charge is 2.47. The Bertz CT molecular complexity index is 1040. The van der Waals surface area contributed by atoms with E-state index in [0.717, 1.165) is 6.07 Å². The van der Waals surface area contributed by atoms with Crippen LogP contribution in [0.3, 0.4) is 0 Å². The molecule has 0 saturated carbocycles. The molecule has 0 aliphatic carbocycles. The number of ether oxygens (including phenoxy) is 3. The number of ketones is 1. The standard InChI is InChI=1S/C21H22O12/c22-6-11-13(26)15(28)17(30)21(31-11)33-19-10(25)5-9(24)12-14(27)16(29)18(32-20(12)19)7-1-3-8(23)4-2-7/h1-5,11,13,15-18,21-26,28-30H,6H2/t11-,13-,15+,16+,17-,18+,21+/m1/s1. The molecule has 2 heterocycles. The van der Waals surface area contributed by atoms with E-state index in [1.165, 1.54) is 24.3 Å². The molecule has 1 saturated heterocycles. The second-order valence-electron chi connectivity index (χ2n) is 7.70. The maximum absolute atomic E-state index is 12.8. The predicted octanol–water partition coefficient (Wildman–Crippen LogP) is -1.34. The van der Waals surface area contributed by atoms with Gasteiger partial charge in [0.25, 0.3) is 0 Å². The SMILES string of the molecule is O=C1c2c(O)cc(O)c(O[C@@H]3O[C@H](CO)[C@@H](O)[C@H](O)[C@H]3O)c2O[C@@H](c2ccc(O)cc2)[C@H]1O. The van der Waals surface area contributed by atoms with E-state index in [9.17, 15) is 45.6 Å². The topological polar surface area (TPSA) is 207 Å². The van der Waals surface area contributed by atoms with Crippen molar-refractivity contribution in [1.82, 2.24) is 0 Å². The van der Waals surface area contributed by atoms with Gasteiger partial charge in [-0.05, 0) is 17.7 Å². The summed E-state index contributed by atoms with van der Waals surface area (Å²) >= 11 is 0. The van der Waals surface area contributed by atoms with E-state index in [4.69, 9.17) is 14.2 Å². The Morgan fingerprint density at radius 1 is 0.909 bits per heavy atom. The molecule has 8 N–H and O–H groups in total. The highest BCUT2D eigenvalue weighted by Crippen LogP contribution is 2.50. The van der Waals surface area contributed by atoms with Crippen LogP contribution in [0.1, 0.15) is 22.0 Å². The number of carbonyl (C=O) groups is 1. The van der Waals surface area contributed by atoms with Crippen LogP contribution in [0.5, 0.6) is 28.7 Å². The van der Waals surface area contributed by atoms with Gasteiger partial charge in [-0.1, -0.05) is 12.1 Å². The first kappa shape index (κ1) is 23.0. The molecule has 2 aliphatic rings. The number of aliphatic hydroxyl groups excluding tert-OH is 5. The van der Waals surface area contributed by atoms with Crippen molar-refractivity contribution in [3.63, 3.8) is 0 Å². The molecule has 1 fully saturated rings. The Hall–Kier alpha value is -3.13. The van der Waals surface area contributed by atoms with Crippen molar-refractivity contribution in [2.45, 2.75) is 42.9 Å². The Morgan fingerprint density at radius 2 is 1.58 bits per heavy atom. The summed E-state index contributed by atoms with van der Waals surface area (Å²) in [7, 11) is 0. The van der Waals surface area contributed by atoms with Gasteiger partial charge in [0.2, 0.25) is 17.8 Å². The molecule has 2 aliphatic heterocycles. The lowest BCUT2D eigenvalue weighted by Gasteiger charge is -2.40. The molecule has 0 amide bonds. The number of phenolic OH excluding ortho intramolecular Hbond substituents is 3. The Labute approximate surface area is 186 Å². The third-order valence-electron chi connectivity index (χ3n) is 5.55. The maximum atomic E-state index is 12.8. The fraction of sp³-hybridized carbons (Fsp3) is 0.381. The van der Waals surface area contributed by atoms with Crippen molar-refractivity contribution >= 4 is 5.78 Å². The Morgan fingerprint density at radius 3 is 2.21 bits per heavy atom. The summed E-state index contributed by atoms with van der Waals surface area (Å²) in [4.78, 5) is 12.8. The summed E-state index contributed by atoms with van der Waals surface area (Å²) in [5, 5.41) is 80.0. The number of carbonyl (C=O) groups excluding carboxylic acids is 1. The number of fused-ring (bicyclic) bond motifs is 1. The Balaban J connectivity index is 1.74. The first-order chi connectivity index (χ1) is 15.6. The van der Waals surface area contributed by atoms with Gasteiger partial charge >= 0.3 is 0 Å². The van der Waals surface area contributed by atoms with Crippen LogP contribution in [0.25, 0.3) is 0 Å². The maximum Gasteiger partial charge on any atom is 0.229 e. The van der Waals surface area contributed by atoms with Crippen LogP contribution in [-0.2, 0) is 4.74 Å². The summed E-state index contributed by atoms with van der Waals surface area (Å²) < 4.78 is 16.5. The number of aliphatic hydroxyl groups is 5. The second kappa shape index (κ2) is 8.67. The first-order valence-electron chi connectivity index (χ1n) is 9.88. The van der Waals surface area contributed by atoms with Crippen molar-refractivity contribution in [1.29, 1.82) is 0 Å². The highest BCUT2D eigenvalue weighted by molar-refractivity contribution is 6.06. The minimum Gasteiger partial charge on any atom is -0.508 e. The summed E-state index contributed by atoms with van der Waals surface area (Å²) in [6.07, 6.45) is -11.4. The number of phenols is 3. The summed E-state index contributed by atoms with van der Waals surface area (Å²) in [5.74, 6) is -3.49. The average molecular weight is 466 g/mol. The van der Waals surface area contributed by atoms with Crippen LogP contribution in [0, 0.1) is 0 Å². The molecule has 7 atom stereocenters. The number of benzene rings is 2. The predicted molar refractivity (Wildman–Crippen MR) is 106 cm³/mol. The smallest absolute Gasteiger partial charge is 0.229 e. The van der Waals surface area contributed by atoms with E-state index >= 15 is 0 Å². The summed E-state index contributed by atoms with van der Waals surface area (Å²) in [6.45, 7) is -0.728. The van der Waals surface area contributed by atoms with Crippen molar-refractivity contribution in [2.24, 2.45) is 0 Å². The third kappa shape index (κ3) is 3.93. The molecule has 0 spiro atoms. The van der Waals surface area contributed by atoms with Crippen LogP contribution in [0.2, 0.25) is 0 Å². The van der Waals surface area contributed by atoms with E-state index in [1.54, 1.807) is 0 Å². The molecule has 178 valence electrons. The quantitative estimate of drug-likeness (QED) is 0.263. The van der Waals surface area contributed by atoms with E-state index in [0.29, 0.717) is 0 Å². The molecule has 2 aromatic carbocycles. The first-order valence-corrected chi connectivity index (χ1v) is 9.88. The average Bonchev–Trinajstić information content (AvgIpc) is 2.78. The van der Waals surface area contributed by atoms with Crippen LogP contribution >= 0.6 is 0 Å². The lowest BCUT2D eigenvalue weighted by atomic mass is 9.92. The van der Waals surface area contributed by atoms with E-state index in [2.05, 4.69) is 0 Å². The zero-order chi connectivity index (χ0) is 24.0. The molecular formula is C21H22O12. The van der Waals surface area contributed by atoms with Crippen molar-refractivity contribution in [2.75, 3.05) is 6.61 Å². The van der Waals surface area contributed by atoms with E-state index in [1.807, 2.05) is 0 Å². The van der Waals surface area contributed by atoms with Gasteiger partial charge in [-0.25, -0.2) is 0 Å². The van der Waals surface area contributed by atoms with Gasteiger partial charge in [-0.3, -0.25) is 4.79 Å². The molecule has 0 aromatic heterocycles. The molecule has 0 radical (unpaired) electrons. The van der Waals surface area contributed by atoms with Crippen LogP contribution in [0.4, 0.5) is 0 Å². The molecule has 4 rings (SSSR count). The second-order valence-corrected chi connectivity index (χ2v) is 7.70. The Kier molecular flexibility index (Phi) is 6.05. The number of rotatable bonds is 4. The molecule has 2 aromatic rings. The van der Waals surface area contributed by atoms with Crippen molar-refractivity contribution < 1.29 is 59.9 Å². The molecule has 12 nitrogen and oxygen atoms in total. The van der Waals surface area contributed by atoms with E-state index in [-0.39, 0.29) is 11.3 Å². The van der Waals surface area contributed by atoms with Gasteiger partial charge in [-0.2, -0.15) is 0 Å².